The number of nitrogens with two attached hydrogens (primary N) is 1. The van der Waals surface area contributed by atoms with E-state index in [1.165, 1.54) is 7.05 Å². The lowest BCUT2D eigenvalue weighted by Gasteiger charge is -2.33. The smallest absolute Gasteiger partial charge is 0.247 e. The summed E-state index contributed by atoms with van der Waals surface area (Å²) in [6.07, 6.45) is 0.336. The highest BCUT2D eigenvalue weighted by molar-refractivity contribution is 7.80. The number of benzene rings is 1. The lowest BCUT2D eigenvalue weighted by Crippen LogP contribution is -2.63. The molecule has 1 aromatic carbocycles. The van der Waals surface area contributed by atoms with Gasteiger partial charge in [-0.1, -0.05) is 44.2 Å². The highest BCUT2D eigenvalue weighted by Gasteiger charge is 2.47. The summed E-state index contributed by atoms with van der Waals surface area (Å²) < 4.78 is 0. The number of nitrogens with one attached hydrogen (secondary N) is 2. The maximum Gasteiger partial charge on any atom is 0.247 e. The molecule has 8 heteroatoms. The molecule has 0 aliphatic carbocycles. The van der Waals surface area contributed by atoms with Crippen LogP contribution in [-0.4, -0.2) is 41.1 Å². The van der Waals surface area contributed by atoms with Crippen molar-refractivity contribution in [3.63, 3.8) is 0 Å². The third-order valence-corrected chi connectivity index (χ3v) is 4.98. The minimum absolute atomic E-state index is 0.000970. The molecule has 150 valence electrons. The van der Waals surface area contributed by atoms with Crippen LogP contribution in [0.2, 0.25) is 0 Å². The molecular formula is C19H29N3O4S. The Morgan fingerprint density at radius 3 is 2.22 bits per heavy atom. The standard InChI is InChI=1S/C19H29N3O4S/c1-12(2)9-14(15(11-27)17(24)22-26)16(23)19(20,18(25)21-3)10-13-7-5-4-6-8-13/h4-8,12,14-15,26-27H,9-11,20H2,1-3H3,(H,21,25)(H,22,24)/t14?,15?,19-/m1/s1. The Balaban J connectivity index is 3.35. The maximum atomic E-state index is 13.4. The van der Waals surface area contributed by atoms with Gasteiger partial charge >= 0.3 is 0 Å². The minimum Gasteiger partial charge on any atom is -0.357 e. The first kappa shape index (κ1) is 23.1. The van der Waals surface area contributed by atoms with Crippen molar-refractivity contribution in [2.75, 3.05) is 12.8 Å². The normalized spacial score (nSPS) is 15.5. The van der Waals surface area contributed by atoms with E-state index >= 15 is 0 Å². The van der Waals surface area contributed by atoms with Crippen LogP contribution in [0, 0.1) is 17.8 Å². The van der Waals surface area contributed by atoms with Crippen molar-refractivity contribution in [3.05, 3.63) is 35.9 Å². The molecule has 2 amide bonds. The number of Topliss-reactive ketones (excluding diaryl/α,β-unsaturated/α-hetero) is 1. The average molecular weight is 396 g/mol. The number of carbonyl (C=O) groups is 3. The molecule has 0 saturated carbocycles. The Kier molecular flexibility index (Phi) is 8.95. The summed E-state index contributed by atoms with van der Waals surface area (Å²) in [6, 6.07) is 8.99. The second-order valence-electron chi connectivity index (χ2n) is 7.08. The fourth-order valence-corrected chi connectivity index (χ4v) is 3.61. The van der Waals surface area contributed by atoms with Gasteiger partial charge in [-0.25, -0.2) is 5.48 Å². The summed E-state index contributed by atoms with van der Waals surface area (Å²) in [6.45, 7) is 3.81. The Bertz CT molecular complexity index is 654. The average Bonchev–Trinajstić information content (AvgIpc) is 2.66. The minimum atomic E-state index is -1.84. The summed E-state index contributed by atoms with van der Waals surface area (Å²) >= 11 is 4.17. The summed E-state index contributed by atoms with van der Waals surface area (Å²) in [5, 5.41) is 11.5. The number of hydroxylamine groups is 1. The largest absolute Gasteiger partial charge is 0.357 e. The van der Waals surface area contributed by atoms with Gasteiger partial charge in [0.05, 0.1) is 5.92 Å². The van der Waals surface area contributed by atoms with E-state index in [9.17, 15) is 14.4 Å². The van der Waals surface area contributed by atoms with Crippen LogP contribution < -0.4 is 16.5 Å². The van der Waals surface area contributed by atoms with Gasteiger partial charge in [-0.15, -0.1) is 0 Å². The Morgan fingerprint density at radius 2 is 1.78 bits per heavy atom. The van der Waals surface area contributed by atoms with E-state index in [0.717, 1.165) is 5.56 Å². The van der Waals surface area contributed by atoms with Gasteiger partial charge in [0.25, 0.3) is 0 Å². The molecule has 0 aromatic heterocycles. The van der Waals surface area contributed by atoms with E-state index < -0.39 is 35.0 Å². The number of carbonyl (C=O) groups excluding carboxylic acids is 3. The van der Waals surface area contributed by atoms with Crippen molar-refractivity contribution in [1.29, 1.82) is 0 Å². The van der Waals surface area contributed by atoms with Gasteiger partial charge in [-0.3, -0.25) is 19.6 Å². The van der Waals surface area contributed by atoms with E-state index in [-0.39, 0.29) is 18.1 Å². The molecule has 0 bridgehead atoms. The number of amides is 2. The highest BCUT2D eigenvalue weighted by atomic mass is 32.1. The number of hydrogen-bond donors (Lipinski definition) is 5. The predicted octanol–water partition coefficient (Wildman–Crippen LogP) is 0.955. The first-order valence-corrected chi connectivity index (χ1v) is 9.48. The van der Waals surface area contributed by atoms with Crippen molar-refractivity contribution >= 4 is 30.2 Å². The van der Waals surface area contributed by atoms with E-state index in [1.807, 2.05) is 19.9 Å². The number of thiol groups is 1. The van der Waals surface area contributed by atoms with Crippen molar-refractivity contribution in [2.45, 2.75) is 32.2 Å². The molecule has 1 rings (SSSR count). The number of rotatable bonds is 10. The molecule has 0 spiro atoms. The molecule has 1 aromatic rings. The van der Waals surface area contributed by atoms with Gasteiger partial charge in [0.15, 0.2) is 11.3 Å². The van der Waals surface area contributed by atoms with Crippen LogP contribution in [0.1, 0.15) is 25.8 Å². The van der Waals surface area contributed by atoms with Crippen molar-refractivity contribution < 1.29 is 19.6 Å². The second kappa shape index (κ2) is 10.4. The van der Waals surface area contributed by atoms with Gasteiger partial charge in [0.1, 0.15) is 0 Å². The van der Waals surface area contributed by atoms with Crippen LogP contribution in [0.25, 0.3) is 0 Å². The number of hydrogen-bond acceptors (Lipinski definition) is 6. The molecule has 0 aliphatic rings. The third kappa shape index (κ3) is 5.79. The topological polar surface area (TPSA) is 122 Å². The monoisotopic (exact) mass is 395 g/mol. The third-order valence-electron chi connectivity index (χ3n) is 4.59. The Morgan fingerprint density at radius 1 is 1.19 bits per heavy atom. The zero-order chi connectivity index (χ0) is 20.6. The molecule has 3 atom stereocenters. The van der Waals surface area contributed by atoms with Gasteiger partial charge in [-0.2, -0.15) is 12.6 Å². The highest BCUT2D eigenvalue weighted by Crippen LogP contribution is 2.29. The molecule has 0 aliphatic heterocycles. The van der Waals surface area contributed by atoms with Crippen LogP contribution in [0.3, 0.4) is 0 Å². The van der Waals surface area contributed by atoms with Crippen molar-refractivity contribution in [3.8, 4) is 0 Å². The summed E-state index contributed by atoms with van der Waals surface area (Å²) in [7, 11) is 1.41. The van der Waals surface area contributed by atoms with Crippen molar-refractivity contribution in [2.24, 2.45) is 23.5 Å². The quantitative estimate of drug-likeness (QED) is 0.175. The van der Waals surface area contributed by atoms with Crippen LogP contribution in [-0.2, 0) is 20.8 Å². The first-order valence-electron chi connectivity index (χ1n) is 8.85. The zero-order valence-electron chi connectivity index (χ0n) is 15.9. The van der Waals surface area contributed by atoms with Gasteiger partial charge in [-0.05, 0) is 17.9 Å². The van der Waals surface area contributed by atoms with Crippen LogP contribution in [0.4, 0.5) is 0 Å². The fraction of sp³-hybridized carbons (Fsp3) is 0.526. The lowest BCUT2D eigenvalue weighted by molar-refractivity contribution is -0.144. The van der Waals surface area contributed by atoms with E-state index in [4.69, 9.17) is 10.9 Å². The van der Waals surface area contributed by atoms with Crippen LogP contribution >= 0.6 is 12.6 Å². The Hall–Kier alpha value is -1.90. The summed E-state index contributed by atoms with van der Waals surface area (Å²) in [5.41, 5.74) is 6.84. The van der Waals surface area contributed by atoms with Gasteiger partial charge in [0.2, 0.25) is 11.8 Å². The van der Waals surface area contributed by atoms with E-state index in [0.29, 0.717) is 6.42 Å². The van der Waals surface area contributed by atoms with Gasteiger partial charge < -0.3 is 11.1 Å². The molecule has 5 N–H and O–H groups in total. The molecule has 7 nitrogen and oxygen atoms in total. The molecule has 0 fully saturated rings. The molecule has 27 heavy (non-hydrogen) atoms. The second-order valence-corrected chi connectivity index (χ2v) is 7.44. The lowest BCUT2D eigenvalue weighted by atomic mass is 9.73. The number of ketones is 1. The van der Waals surface area contributed by atoms with Gasteiger partial charge in [0, 0.05) is 25.1 Å². The molecular weight excluding hydrogens is 366 g/mol. The number of likely N-dealkylation sites (N-methyl/N-ethyl adjacent to an activating group) is 1. The summed E-state index contributed by atoms with van der Waals surface area (Å²) in [4.78, 5) is 38.1. The van der Waals surface area contributed by atoms with Crippen LogP contribution in [0.15, 0.2) is 30.3 Å². The Labute approximate surface area is 165 Å². The maximum absolute atomic E-state index is 13.4. The summed E-state index contributed by atoms with van der Waals surface area (Å²) in [5.74, 6) is -3.54. The molecule has 0 heterocycles. The van der Waals surface area contributed by atoms with Crippen LogP contribution in [0.5, 0.6) is 0 Å². The first-order chi connectivity index (χ1) is 12.7. The fourth-order valence-electron chi connectivity index (χ4n) is 3.19. The van der Waals surface area contributed by atoms with E-state index in [2.05, 4.69) is 17.9 Å². The van der Waals surface area contributed by atoms with Crippen molar-refractivity contribution in [1.82, 2.24) is 10.8 Å². The molecule has 0 saturated heterocycles. The molecule has 0 radical (unpaired) electrons. The zero-order valence-corrected chi connectivity index (χ0v) is 16.8. The predicted molar refractivity (Wildman–Crippen MR) is 106 cm³/mol. The molecule has 2 unspecified atom stereocenters. The SMILES string of the molecule is CNC(=O)[C@@](N)(Cc1ccccc1)C(=O)C(CC(C)C)C(CS)C(=O)NO. The van der Waals surface area contributed by atoms with E-state index in [1.54, 1.807) is 29.7 Å².